The molecule has 196 valence electrons. The molecule has 1 N–H and O–H groups in total. The predicted molar refractivity (Wildman–Crippen MR) is 132 cm³/mol. The summed E-state index contributed by atoms with van der Waals surface area (Å²) in [7, 11) is 0. The fraction of sp³-hybridized carbons (Fsp3) is 0.370. The molecule has 1 aliphatic heterocycles. The summed E-state index contributed by atoms with van der Waals surface area (Å²) in [5.41, 5.74) is 1.52. The topological polar surface area (TPSA) is 104 Å². The van der Waals surface area contributed by atoms with Gasteiger partial charge in [-0.25, -0.2) is 18.2 Å². The van der Waals surface area contributed by atoms with Crippen molar-refractivity contribution in [2.24, 2.45) is 11.3 Å². The molecule has 0 spiro atoms. The van der Waals surface area contributed by atoms with Crippen LogP contribution < -0.4 is 10.2 Å². The lowest BCUT2D eigenvalue weighted by atomic mass is 9.83. The van der Waals surface area contributed by atoms with E-state index in [9.17, 15) is 28.0 Å². The zero-order valence-corrected chi connectivity index (χ0v) is 20.6. The second-order valence-electron chi connectivity index (χ2n) is 9.79. The lowest BCUT2D eigenvalue weighted by Gasteiger charge is -2.21. The summed E-state index contributed by atoms with van der Waals surface area (Å²) in [4.78, 5) is 32.0. The van der Waals surface area contributed by atoms with Crippen molar-refractivity contribution in [2.45, 2.75) is 45.7 Å². The number of carbonyl (C=O) groups is 2. The van der Waals surface area contributed by atoms with Crippen LogP contribution in [-0.2, 0) is 17.9 Å². The molecule has 2 fully saturated rings. The Balaban J connectivity index is 1.30. The van der Waals surface area contributed by atoms with Crippen LogP contribution in [0.4, 0.5) is 18.9 Å². The van der Waals surface area contributed by atoms with Crippen LogP contribution in [0.25, 0.3) is 11.1 Å². The normalized spacial score (nSPS) is 19.2. The number of pyridine rings is 1. The molecule has 1 saturated heterocycles. The Morgan fingerprint density at radius 3 is 2.74 bits per heavy atom. The Labute approximate surface area is 217 Å². The number of alkyl halides is 2. The number of anilines is 1. The van der Waals surface area contributed by atoms with Crippen LogP contribution in [0, 0.1) is 35.4 Å². The molecule has 0 bridgehead atoms. The Bertz CT molecular complexity index is 1440. The number of nitriles is 1. The molecule has 0 unspecified atom stereocenters. The van der Waals surface area contributed by atoms with Gasteiger partial charge in [0.2, 0.25) is 5.91 Å². The second-order valence-corrected chi connectivity index (χ2v) is 9.79. The molecular formula is C27H25F3N6O2. The Hall–Kier alpha value is -4.20. The van der Waals surface area contributed by atoms with Gasteiger partial charge in [0.1, 0.15) is 23.5 Å². The Kier molecular flexibility index (Phi) is 6.65. The molecule has 3 aromatic rings. The molecule has 1 atom stereocenters. The maximum Gasteiger partial charge on any atom is 0.270 e. The van der Waals surface area contributed by atoms with Crippen LogP contribution in [0.1, 0.15) is 41.0 Å². The van der Waals surface area contributed by atoms with Crippen LogP contribution in [0.15, 0.2) is 42.7 Å². The highest BCUT2D eigenvalue weighted by atomic mass is 19.3. The molecule has 0 radical (unpaired) electrons. The van der Waals surface area contributed by atoms with Crippen LogP contribution in [-0.4, -0.2) is 39.5 Å². The van der Waals surface area contributed by atoms with Gasteiger partial charge in [0.25, 0.3) is 12.3 Å². The average molecular weight is 523 g/mol. The summed E-state index contributed by atoms with van der Waals surface area (Å²) < 4.78 is 40.6. The molecule has 1 aromatic carbocycles. The zero-order chi connectivity index (χ0) is 27.0. The standard InChI is InChI=1S/C27H25F3N6O2/c1-16-6-22(36-5-4-27(15-31,26(36)38)20-2-3-20)10-23(34-16)25(37)32-11-17-7-18(9-21(28)8-17)19-12-33-35(13-19)14-24(29)30/h6-10,12-13,20,24H,2-5,11,14H2,1H3,(H,32,37)/t27-/m1/s1. The Morgan fingerprint density at radius 1 is 1.24 bits per heavy atom. The average Bonchev–Trinajstić information content (AvgIpc) is 3.53. The number of hydrogen-bond donors (Lipinski definition) is 1. The number of hydrogen-bond acceptors (Lipinski definition) is 5. The molecule has 8 nitrogen and oxygen atoms in total. The Morgan fingerprint density at radius 2 is 2.03 bits per heavy atom. The summed E-state index contributed by atoms with van der Waals surface area (Å²) in [6.07, 6.45) is 2.42. The molecule has 11 heteroatoms. The minimum absolute atomic E-state index is 0.0123. The highest BCUT2D eigenvalue weighted by Crippen LogP contribution is 2.51. The third-order valence-electron chi connectivity index (χ3n) is 7.02. The van der Waals surface area contributed by atoms with Gasteiger partial charge in [0.05, 0.1) is 12.3 Å². The van der Waals surface area contributed by atoms with E-state index in [1.54, 1.807) is 24.0 Å². The van der Waals surface area contributed by atoms with E-state index in [1.165, 1.54) is 30.6 Å². The van der Waals surface area contributed by atoms with E-state index in [2.05, 4.69) is 21.5 Å². The molecule has 2 aromatic heterocycles. The fourth-order valence-corrected chi connectivity index (χ4v) is 5.00. The lowest BCUT2D eigenvalue weighted by molar-refractivity contribution is -0.123. The third-order valence-corrected chi connectivity index (χ3v) is 7.02. The number of nitrogens with zero attached hydrogens (tertiary/aromatic N) is 5. The fourth-order valence-electron chi connectivity index (χ4n) is 5.00. The van der Waals surface area contributed by atoms with Crippen molar-refractivity contribution in [3.8, 4) is 17.2 Å². The second kappa shape index (κ2) is 9.93. The number of carbonyl (C=O) groups excluding carboxylic acids is 2. The first kappa shape index (κ1) is 25.4. The third kappa shape index (κ3) is 4.98. The minimum Gasteiger partial charge on any atom is -0.347 e. The van der Waals surface area contributed by atoms with E-state index in [0.717, 1.165) is 17.5 Å². The zero-order valence-electron chi connectivity index (χ0n) is 20.6. The molecular weight excluding hydrogens is 497 g/mol. The molecule has 2 amide bonds. The van der Waals surface area contributed by atoms with Gasteiger partial charge in [0.15, 0.2) is 0 Å². The summed E-state index contributed by atoms with van der Waals surface area (Å²) in [5, 5.41) is 16.3. The monoisotopic (exact) mass is 522 g/mol. The molecule has 5 rings (SSSR count). The van der Waals surface area contributed by atoms with Crippen molar-refractivity contribution in [3.63, 3.8) is 0 Å². The van der Waals surface area contributed by atoms with Gasteiger partial charge in [0, 0.05) is 36.2 Å². The van der Waals surface area contributed by atoms with Crippen molar-refractivity contribution in [1.82, 2.24) is 20.1 Å². The number of aryl methyl sites for hydroxylation is 1. The van der Waals surface area contributed by atoms with Crippen LogP contribution in [0.2, 0.25) is 0 Å². The maximum absolute atomic E-state index is 14.3. The van der Waals surface area contributed by atoms with Gasteiger partial charge >= 0.3 is 0 Å². The van der Waals surface area contributed by atoms with Crippen LogP contribution >= 0.6 is 0 Å². The number of benzene rings is 1. The van der Waals surface area contributed by atoms with E-state index in [4.69, 9.17) is 0 Å². The molecule has 3 heterocycles. The van der Waals surface area contributed by atoms with E-state index in [0.29, 0.717) is 41.0 Å². The number of halogens is 3. The molecule has 1 saturated carbocycles. The summed E-state index contributed by atoms with van der Waals surface area (Å²) >= 11 is 0. The van der Waals surface area contributed by atoms with Crippen molar-refractivity contribution in [3.05, 3.63) is 65.5 Å². The van der Waals surface area contributed by atoms with Crippen molar-refractivity contribution >= 4 is 17.5 Å². The lowest BCUT2D eigenvalue weighted by Crippen LogP contribution is -2.35. The number of rotatable bonds is 8. The molecule has 1 aliphatic carbocycles. The van der Waals surface area contributed by atoms with E-state index in [1.807, 2.05) is 0 Å². The first-order chi connectivity index (χ1) is 18.2. The quantitative estimate of drug-likeness (QED) is 0.477. The van der Waals surface area contributed by atoms with E-state index < -0.39 is 30.1 Å². The van der Waals surface area contributed by atoms with Crippen molar-refractivity contribution < 1.29 is 22.8 Å². The highest BCUT2D eigenvalue weighted by Gasteiger charge is 2.56. The summed E-state index contributed by atoms with van der Waals surface area (Å²) in [5.74, 6) is -1.20. The number of amides is 2. The molecule has 2 aliphatic rings. The first-order valence-corrected chi connectivity index (χ1v) is 12.3. The maximum atomic E-state index is 14.3. The summed E-state index contributed by atoms with van der Waals surface area (Å²) in [6.45, 7) is 1.53. The van der Waals surface area contributed by atoms with Crippen molar-refractivity contribution in [1.29, 1.82) is 5.26 Å². The number of nitrogens with one attached hydrogen (secondary N) is 1. The van der Waals surface area contributed by atoms with E-state index >= 15 is 0 Å². The smallest absolute Gasteiger partial charge is 0.270 e. The largest absolute Gasteiger partial charge is 0.347 e. The summed E-state index contributed by atoms with van der Waals surface area (Å²) in [6, 6.07) is 9.66. The minimum atomic E-state index is -2.56. The first-order valence-electron chi connectivity index (χ1n) is 12.3. The highest BCUT2D eigenvalue weighted by molar-refractivity contribution is 6.03. The van der Waals surface area contributed by atoms with Gasteiger partial charge in [-0.2, -0.15) is 10.4 Å². The van der Waals surface area contributed by atoms with Gasteiger partial charge in [-0.15, -0.1) is 0 Å². The van der Waals surface area contributed by atoms with Gasteiger partial charge < -0.3 is 10.2 Å². The van der Waals surface area contributed by atoms with Crippen LogP contribution in [0.5, 0.6) is 0 Å². The van der Waals surface area contributed by atoms with Gasteiger partial charge in [-0.1, -0.05) is 0 Å². The van der Waals surface area contributed by atoms with Crippen LogP contribution in [0.3, 0.4) is 0 Å². The predicted octanol–water partition coefficient (Wildman–Crippen LogP) is 4.24. The van der Waals surface area contributed by atoms with Gasteiger partial charge in [-0.05, 0) is 73.6 Å². The number of aromatic nitrogens is 3. The van der Waals surface area contributed by atoms with Crippen molar-refractivity contribution in [2.75, 3.05) is 11.4 Å². The van der Waals surface area contributed by atoms with Gasteiger partial charge in [-0.3, -0.25) is 14.3 Å². The SMILES string of the molecule is Cc1cc(N2CC[C@@](C#N)(C3CC3)C2=O)cc(C(=O)NCc2cc(F)cc(-c3cnn(CC(F)F)c3)c2)n1. The van der Waals surface area contributed by atoms with E-state index in [-0.39, 0.29) is 24.1 Å². The molecule has 38 heavy (non-hydrogen) atoms.